The molecule has 0 amide bonds. The van der Waals surface area contributed by atoms with E-state index in [9.17, 15) is 0 Å². The summed E-state index contributed by atoms with van der Waals surface area (Å²) in [7, 11) is 0. The van der Waals surface area contributed by atoms with Gasteiger partial charge in [-0.2, -0.15) is 0 Å². The highest BCUT2D eigenvalue weighted by molar-refractivity contribution is 5.10. The first-order chi connectivity index (χ1) is 9.88. The molecule has 0 heterocycles. The molecule has 7 unspecified atom stereocenters. The standard InChI is InChI=1S/C19H30O/c1-2-20-9-5-3-4-6-13-10-16-12-17(13)19-15-8-7-14(11-15)18(16)19/h2,13-19H,1,3-12H2. The largest absolute Gasteiger partial charge is 0.502 e. The normalized spacial score (nSPS) is 47.7. The van der Waals surface area contributed by atoms with Crippen LogP contribution >= 0.6 is 0 Å². The fourth-order valence-corrected chi connectivity index (χ4v) is 6.89. The van der Waals surface area contributed by atoms with Gasteiger partial charge >= 0.3 is 0 Å². The summed E-state index contributed by atoms with van der Waals surface area (Å²) in [5, 5.41) is 0. The van der Waals surface area contributed by atoms with Crippen LogP contribution in [0.25, 0.3) is 0 Å². The van der Waals surface area contributed by atoms with Crippen molar-refractivity contribution in [3.8, 4) is 0 Å². The van der Waals surface area contributed by atoms with Crippen molar-refractivity contribution in [2.75, 3.05) is 6.61 Å². The van der Waals surface area contributed by atoms with Gasteiger partial charge in [-0.1, -0.05) is 25.8 Å². The van der Waals surface area contributed by atoms with Crippen molar-refractivity contribution >= 4 is 0 Å². The molecule has 0 saturated heterocycles. The van der Waals surface area contributed by atoms with Crippen LogP contribution in [0.2, 0.25) is 0 Å². The third-order valence-electron chi connectivity index (χ3n) is 7.33. The van der Waals surface area contributed by atoms with Crippen molar-refractivity contribution in [1.29, 1.82) is 0 Å². The summed E-state index contributed by atoms with van der Waals surface area (Å²) in [5.41, 5.74) is 0. The van der Waals surface area contributed by atoms with Crippen LogP contribution in [0.3, 0.4) is 0 Å². The zero-order valence-corrected chi connectivity index (χ0v) is 12.8. The molecule has 1 heteroatoms. The molecule has 4 aliphatic rings. The Balaban J connectivity index is 1.25. The van der Waals surface area contributed by atoms with Crippen molar-refractivity contribution in [3.63, 3.8) is 0 Å². The Labute approximate surface area is 124 Å². The first-order valence-electron chi connectivity index (χ1n) is 9.11. The number of rotatable bonds is 7. The Kier molecular flexibility index (Phi) is 3.56. The molecule has 4 aliphatic carbocycles. The van der Waals surface area contributed by atoms with Gasteiger partial charge in [-0.3, -0.25) is 0 Å². The lowest BCUT2D eigenvalue weighted by Gasteiger charge is -2.38. The molecule has 0 aromatic heterocycles. The van der Waals surface area contributed by atoms with Gasteiger partial charge < -0.3 is 4.74 Å². The fraction of sp³-hybridized carbons (Fsp3) is 0.895. The Hall–Kier alpha value is -0.460. The molecule has 4 bridgehead atoms. The van der Waals surface area contributed by atoms with Gasteiger partial charge in [0.2, 0.25) is 0 Å². The molecule has 0 aromatic carbocycles. The van der Waals surface area contributed by atoms with Crippen molar-refractivity contribution in [2.45, 2.75) is 57.8 Å². The highest BCUT2D eigenvalue weighted by Crippen LogP contribution is 2.69. The minimum atomic E-state index is 0.870. The lowest BCUT2D eigenvalue weighted by molar-refractivity contribution is 0.0994. The maximum atomic E-state index is 5.21. The van der Waals surface area contributed by atoms with Crippen LogP contribution in [-0.4, -0.2) is 6.61 Å². The number of hydrogen-bond acceptors (Lipinski definition) is 1. The van der Waals surface area contributed by atoms with E-state index in [4.69, 9.17) is 4.74 Å². The summed E-state index contributed by atoms with van der Waals surface area (Å²) in [5.74, 6) is 8.08. The van der Waals surface area contributed by atoms with Crippen molar-refractivity contribution in [3.05, 3.63) is 12.8 Å². The monoisotopic (exact) mass is 274 g/mol. The van der Waals surface area contributed by atoms with Crippen LogP contribution in [-0.2, 0) is 4.74 Å². The number of hydrogen-bond donors (Lipinski definition) is 0. The smallest absolute Gasteiger partial charge is 0.0873 e. The Bertz CT molecular complexity index is 363. The van der Waals surface area contributed by atoms with E-state index < -0.39 is 0 Å². The molecular weight excluding hydrogens is 244 g/mol. The molecule has 4 saturated carbocycles. The summed E-state index contributed by atoms with van der Waals surface area (Å²) in [4.78, 5) is 0. The van der Waals surface area contributed by atoms with Gasteiger partial charge in [-0.05, 0) is 80.0 Å². The zero-order chi connectivity index (χ0) is 13.5. The minimum Gasteiger partial charge on any atom is -0.502 e. The van der Waals surface area contributed by atoms with Crippen LogP contribution < -0.4 is 0 Å². The van der Waals surface area contributed by atoms with Gasteiger partial charge in [-0.25, -0.2) is 0 Å². The Morgan fingerprint density at radius 3 is 2.60 bits per heavy atom. The van der Waals surface area contributed by atoms with E-state index >= 15 is 0 Å². The number of unbranched alkanes of at least 4 members (excludes halogenated alkanes) is 2. The second-order valence-corrected chi connectivity index (χ2v) is 8.03. The van der Waals surface area contributed by atoms with Crippen molar-refractivity contribution in [2.24, 2.45) is 41.4 Å². The van der Waals surface area contributed by atoms with Crippen LogP contribution in [0.4, 0.5) is 0 Å². The highest BCUT2D eigenvalue weighted by Gasteiger charge is 2.61. The summed E-state index contributed by atoms with van der Waals surface area (Å²) in [6, 6.07) is 0. The van der Waals surface area contributed by atoms with Gasteiger partial charge in [0.1, 0.15) is 0 Å². The lowest BCUT2D eigenvalue weighted by atomic mass is 9.66. The summed E-state index contributed by atoms with van der Waals surface area (Å²) < 4.78 is 5.21. The highest BCUT2D eigenvalue weighted by atomic mass is 16.5. The van der Waals surface area contributed by atoms with Crippen molar-refractivity contribution in [1.82, 2.24) is 0 Å². The van der Waals surface area contributed by atoms with E-state index in [1.54, 1.807) is 38.4 Å². The first kappa shape index (κ1) is 13.2. The summed E-state index contributed by atoms with van der Waals surface area (Å²) in [6.07, 6.45) is 15.1. The Morgan fingerprint density at radius 2 is 1.75 bits per heavy atom. The predicted octanol–water partition coefficient (Wildman–Crippen LogP) is 5.03. The van der Waals surface area contributed by atoms with Crippen molar-refractivity contribution < 1.29 is 4.74 Å². The molecular formula is C19H30O. The molecule has 1 nitrogen and oxygen atoms in total. The molecule has 0 spiro atoms. The molecule has 7 atom stereocenters. The van der Waals surface area contributed by atoms with Gasteiger partial charge in [0.05, 0.1) is 12.9 Å². The van der Waals surface area contributed by atoms with Crippen LogP contribution in [0.1, 0.15) is 57.8 Å². The predicted molar refractivity (Wildman–Crippen MR) is 82.1 cm³/mol. The third-order valence-corrected chi connectivity index (χ3v) is 7.33. The number of fused-ring (bicyclic) bond motifs is 9. The summed E-state index contributed by atoms with van der Waals surface area (Å²) >= 11 is 0. The molecule has 20 heavy (non-hydrogen) atoms. The molecule has 0 aromatic rings. The van der Waals surface area contributed by atoms with Crippen LogP contribution in [0, 0.1) is 41.4 Å². The van der Waals surface area contributed by atoms with E-state index in [2.05, 4.69) is 6.58 Å². The first-order valence-corrected chi connectivity index (χ1v) is 9.11. The SMILES string of the molecule is C=COCCCCCC1CC2CC1C1C3CCC(C3)C21. The maximum Gasteiger partial charge on any atom is 0.0873 e. The second kappa shape index (κ2) is 5.39. The van der Waals surface area contributed by atoms with Gasteiger partial charge in [0.25, 0.3) is 0 Å². The van der Waals surface area contributed by atoms with E-state index in [-0.39, 0.29) is 0 Å². The molecule has 112 valence electrons. The third kappa shape index (κ3) is 2.04. The average molecular weight is 274 g/mol. The second-order valence-electron chi connectivity index (χ2n) is 8.03. The van der Waals surface area contributed by atoms with E-state index in [1.165, 1.54) is 37.5 Å². The summed E-state index contributed by atoms with van der Waals surface area (Å²) in [6.45, 7) is 4.46. The molecule has 4 fully saturated rings. The fourth-order valence-electron chi connectivity index (χ4n) is 6.89. The quantitative estimate of drug-likeness (QED) is 0.359. The zero-order valence-electron chi connectivity index (χ0n) is 12.8. The van der Waals surface area contributed by atoms with Gasteiger partial charge in [-0.15, -0.1) is 0 Å². The van der Waals surface area contributed by atoms with Crippen LogP contribution in [0.5, 0.6) is 0 Å². The topological polar surface area (TPSA) is 9.23 Å². The molecule has 4 rings (SSSR count). The van der Waals surface area contributed by atoms with E-state index in [1.807, 2.05) is 0 Å². The maximum absolute atomic E-state index is 5.21. The van der Waals surface area contributed by atoms with E-state index in [0.717, 1.165) is 36.2 Å². The van der Waals surface area contributed by atoms with Gasteiger partial charge in [0, 0.05) is 0 Å². The Morgan fingerprint density at radius 1 is 0.900 bits per heavy atom. The molecule has 0 aliphatic heterocycles. The average Bonchev–Trinajstić information content (AvgIpc) is 3.19. The molecule has 0 radical (unpaired) electrons. The lowest BCUT2D eigenvalue weighted by Crippen LogP contribution is -2.32. The van der Waals surface area contributed by atoms with Crippen LogP contribution in [0.15, 0.2) is 12.8 Å². The molecule has 0 N–H and O–H groups in total. The number of ether oxygens (including phenoxy) is 1. The van der Waals surface area contributed by atoms with E-state index in [0.29, 0.717) is 0 Å². The minimum absolute atomic E-state index is 0.870. The van der Waals surface area contributed by atoms with Gasteiger partial charge in [0.15, 0.2) is 0 Å².